The molecule has 108 valence electrons. The summed E-state index contributed by atoms with van der Waals surface area (Å²) in [4.78, 5) is 22.7. The molecular formula is C11H11ClFN3O4. The molecule has 1 aliphatic heterocycles. The monoisotopic (exact) mass is 303 g/mol. The van der Waals surface area contributed by atoms with Crippen molar-refractivity contribution < 1.29 is 19.2 Å². The summed E-state index contributed by atoms with van der Waals surface area (Å²) in [5.74, 6) is -2.09. The number of carbonyl (C=O) groups is 1. The Morgan fingerprint density at radius 1 is 1.60 bits per heavy atom. The number of rotatable bonds is 3. The van der Waals surface area contributed by atoms with Crippen molar-refractivity contribution in [3.8, 4) is 0 Å². The molecule has 2 rings (SSSR count). The average Bonchev–Trinajstić information content (AvgIpc) is 2.76. The lowest BCUT2D eigenvalue weighted by atomic mass is 10.0. The number of nitro groups is 1. The van der Waals surface area contributed by atoms with Crippen molar-refractivity contribution in [3.63, 3.8) is 0 Å². The third-order valence-corrected chi connectivity index (χ3v) is 3.57. The van der Waals surface area contributed by atoms with Crippen LogP contribution in [0.2, 0.25) is 5.02 Å². The van der Waals surface area contributed by atoms with E-state index < -0.39 is 27.9 Å². The highest BCUT2D eigenvalue weighted by Gasteiger charge is 2.42. The van der Waals surface area contributed by atoms with Gasteiger partial charge >= 0.3 is 5.97 Å². The molecule has 1 aromatic carbocycles. The molecule has 1 atom stereocenters. The van der Waals surface area contributed by atoms with Crippen molar-refractivity contribution >= 4 is 28.9 Å². The van der Waals surface area contributed by atoms with Crippen LogP contribution >= 0.6 is 11.6 Å². The number of benzene rings is 1. The predicted molar refractivity (Wildman–Crippen MR) is 69.4 cm³/mol. The van der Waals surface area contributed by atoms with Gasteiger partial charge < -0.3 is 15.7 Å². The summed E-state index contributed by atoms with van der Waals surface area (Å²) in [6.45, 7) is 0.108. The topological polar surface area (TPSA) is 110 Å². The van der Waals surface area contributed by atoms with Crippen LogP contribution in [0.5, 0.6) is 0 Å². The molecule has 0 radical (unpaired) electrons. The van der Waals surface area contributed by atoms with Crippen LogP contribution in [0, 0.1) is 15.9 Å². The maximum atomic E-state index is 13.3. The van der Waals surface area contributed by atoms with E-state index in [9.17, 15) is 19.3 Å². The third-order valence-electron chi connectivity index (χ3n) is 3.28. The zero-order valence-corrected chi connectivity index (χ0v) is 10.9. The standard InChI is InChI=1S/C11H11ClFN3O4/c12-6-3-8(9(16(19)20)4-7(6)13)15-2-1-11(14,5-15)10(17)18/h3-4H,1-2,5,14H2,(H,17,18). The number of nitrogens with zero attached hydrogens (tertiary/aromatic N) is 2. The SMILES string of the molecule is NC1(C(=O)O)CCN(c2cc(Cl)c(F)cc2[N+](=O)[O-])C1. The molecule has 3 N–H and O–H groups in total. The van der Waals surface area contributed by atoms with Crippen molar-refractivity contribution in [1.29, 1.82) is 0 Å². The second-order valence-corrected chi connectivity index (χ2v) is 5.05. The molecule has 0 spiro atoms. The summed E-state index contributed by atoms with van der Waals surface area (Å²) in [5.41, 5.74) is 3.82. The number of anilines is 1. The van der Waals surface area contributed by atoms with E-state index in [1.807, 2.05) is 0 Å². The van der Waals surface area contributed by atoms with Gasteiger partial charge in [0.2, 0.25) is 0 Å². The first-order chi connectivity index (χ1) is 9.24. The van der Waals surface area contributed by atoms with Gasteiger partial charge in [-0.2, -0.15) is 0 Å². The van der Waals surface area contributed by atoms with E-state index in [4.69, 9.17) is 22.4 Å². The number of carboxylic acid groups (broad SMARTS) is 1. The molecule has 1 saturated heterocycles. The summed E-state index contributed by atoms with van der Waals surface area (Å²) >= 11 is 5.63. The minimum Gasteiger partial charge on any atom is -0.480 e. The van der Waals surface area contributed by atoms with E-state index in [0.717, 1.165) is 12.1 Å². The molecule has 7 nitrogen and oxygen atoms in total. The van der Waals surface area contributed by atoms with E-state index in [-0.39, 0.29) is 30.2 Å². The average molecular weight is 304 g/mol. The maximum Gasteiger partial charge on any atom is 0.325 e. The van der Waals surface area contributed by atoms with Gasteiger partial charge in [-0.3, -0.25) is 14.9 Å². The Morgan fingerprint density at radius 2 is 2.25 bits per heavy atom. The Labute approximate surface area is 117 Å². The summed E-state index contributed by atoms with van der Waals surface area (Å²) < 4.78 is 13.3. The fourth-order valence-electron chi connectivity index (χ4n) is 2.14. The normalized spacial score (nSPS) is 22.1. The molecule has 1 fully saturated rings. The molecule has 0 bridgehead atoms. The van der Waals surface area contributed by atoms with Gasteiger partial charge in [-0.05, 0) is 12.5 Å². The molecule has 1 unspecified atom stereocenters. The maximum absolute atomic E-state index is 13.3. The molecule has 9 heteroatoms. The first-order valence-electron chi connectivity index (χ1n) is 5.65. The summed E-state index contributed by atoms with van der Waals surface area (Å²) in [7, 11) is 0. The number of hydrogen-bond acceptors (Lipinski definition) is 5. The van der Waals surface area contributed by atoms with E-state index in [1.165, 1.54) is 4.90 Å². The molecule has 1 heterocycles. The van der Waals surface area contributed by atoms with Crippen LogP contribution in [0.15, 0.2) is 12.1 Å². The fraction of sp³-hybridized carbons (Fsp3) is 0.364. The number of nitrogens with two attached hydrogens (primary N) is 1. The van der Waals surface area contributed by atoms with Crippen LogP contribution in [-0.4, -0.2) is 34.6 Å². The Kier molecular flexibility index (Phi) is 3.53. The number of halogens is 2. The molecule has 0 saturated carbocycles. The molecule has 0 amide bonds. The van der Waals surface area contributed by atoms with E-state index >= 15 is 0 Å². The smallest absolute Gasteiger partial charge is 0.325 e. The van der Waals surface area contributed by atoms with Crippen LogP contribution in [0.25, 0.3) is 0 Å². The van der Waals surface area contributed by atoms with Gasteiger partial charge in [-0.25, -0.2) is 4.39 Å². The van der Waals surface area contributed by atoms with Gasteiger partial charge in [0.25, 0.3) is 5.69 Å². The largest absolute Gasteiger partial charge is 0.480 e. The lowest BCUT2D eigenvalue weighted by molar-refractivity contribution is -0.384. The number of nitro benzene ring substituents is 1. The minimum absolute atomic E-state index is 0.0648. The van der Waals surface area contributed by atoms with Crippen molar-refractivity contribution in [2.24, 2.45) is 5.73 Å². The first-order valence-corrected chi connectivity index (χ1v) is 6.03. The molecule has 1 aliphatic rings. The van der Waals surface area contributed by atoms with E-state index in [2.05, 4.69) is 0 Å². The van der Waals surface area contributed by atoms with E-state index in [1.54, 1.807) is 0 Å². The predicted octanol–water partition coefficient (Wildman–Crippen LogP) is 1.38. The summed E-state index contributed by atoms with van der Waals surface area (Å²) in [6, 6.07) is 1.83. The molecule has 20 heavy (non-hydrogen) atoms. The molecular weight excluding hydrogens is 293 g/mol. The number of hydrogen-bond donors (Lipinski definition) is 2. The highest BCUT2D eigenvalue weighted by Crippen LogP contribution is 2.36. The summed E-state index contributed by atoms with van der Waals surface area (Å²) in [5, 5.41) is 19.7. The van der Waals surface area contributed by atoms with Crippen LogP contribution in [0.3, 0.4) is 0 Å². The van der Waals surface area contributed by atoms with Gasteiger partial charge in [0.1, 0.15) is 17.0 Å². The highest BCUT2D eigenvalue weighted by atomic mass is 35.5. The number of aliphatic carboxylic acids is 1. The van der Waals surface area contributed by atoms with Crippen molar-refractivity contribution in [2.75, 3.05) is 18.0 Å². The van der Waals surface area contributed by atoms with Crippen LogP contribution in [0.1, 0.15) is 6.42 Å². The van der Waals surface area contributed by atoms with Crippen molar-refractivity contribution in [1.82, 2.24) is 0 Å². The lowest BCUT2D eigenvalue weighted by Crippen LogP contribution is -2.50. The zero-order chi connectivity index (χ0) is 15.1. The fourth-order valence-corrected chi connectivity index (χ4v) is 2.30. The Morgan fingerprint density at radius 3 is 2.75 bits per heavy atom. The van der Waals surface area contributed by atoms with Crippen molar-refractivity contribution in [3.05, 3.63) is 33.1 Å². The van der Waals surface area contributed by atoms with Gasteiger partial charge in [-0.1, -0.05) is 11.6 Å². The van der Waals surface area contributed by atoms with Crippen LogP contribution in [-0.2, 0) is 4.79 Å². The molecule has 1 aromatic rings. The highest BCUT2D eigenvalue weighted by molar-refractivity contribution is 6.31. The van der Waals surface area contributed by atoms with Gasteiger partial charge in [0.15, 0.2) is 0 Å². The minimum atomic E-state index is -1.48. The van der Waals surface area contributed by atoms with Crippen molar-refractivity contribution in [2.45, 2.75) is 12.0 Å². The van der Waals surface area contributed by atoms with Gasteiger partial charge in [0, 0.05) is 13.1 Å². The Bertz CT molecular complexity index is 597. The van der Waals surface area contributed by atoms with Gasteiger partial charge in [0.05, 0.1) is 16.0 Å². The van der Waals surface area contributed by atoms with Crippen LogP contribution < -0.4 is 10.6 Å². The second-order valence-electron chi connectivity index (χ2n) is 4.64. The summed E-state index contributed by atoms with van der Waals surface area (Å²) in [6.07, 6.45) is 0.133. The number of carboxylic acids is 1. The zero-order valence-electron chi connectivity index (χ0n) is 10.2. The third kappa shape index (κ3) is 2.39. The lowest BCUT2D eigenvalue weighted by Gasteiger charge is -2.21. The Hall–Kier alpha value is -1.93. The van der Waals surface area contributed by atoms with E-state index in [0.29, 0.717) is 0 Å². The second kappa shape index (κ2) is 4.88. The van der Waals surface area contributed by atoms with Crippen LogP contribution in [0.4, 0.5) is 15.8 Å². The van der Waals surface area contributed by atoms with Gasteiger partial charge in [-0.15, -0.1) is 0 Å². The Balaban J connectivity index is 2.42. The first kappa shape index (κ1) is 14.5. The molecule has 0 aliphatic carbocycles. The molecule has 0 aromatic heterocycles. The quantitative estimate of drug-likeness (QED) is 0.645.